The lowest BCUT2D eigenvalue weighted by Gasteiger charge is -2.27. The Kier molecular flexibility index (Phi) is 5.67. The summed E-state index contributed by atoms with van der Waals surface area (Å²) in [5.41, 5.74) is 10.4. The lowest BCUT2D eigenvalue weighted by molar-refractivity contribution is -0.353. The van der Waals surface area contributed by atoms with Gasteiger partial charge in [0.15, 0.2) is 11.5 Å². The third kappa shape index (κ3) is 4.20. The molecule has 4 rings (SSSR count). The summed E-state index contributed by atoms with van der Waals surface area (Å²) in [6, 6.07) is 0. The SMILES string of the molecule is CNN(Cc1nc(C)no1)c1nc(N2CCOCC2)[nH+]c(N2CCC(C)C2)c1N. The van der Waals surface area contributed by atoms with Crippen molar-refractivity contribution >= 4 is 23.3 Å². The van der Waals surface area contributed by atoms with Gasteiger partial charge < -0.3 is 19.9 Å². The lowest BCUT2D eigenvalue weighted by Crippen LogP contribution is -2.43. The Hall–Kier alpha value is -2.66. The van der Waals surface area contributed by atoms with Crippen molar-refractivity contribution < 1.29 is 14.2 Å². The van der Waals surface area contributed by atoms with Gasteiger partial charge in [0, 0.05) is 7.05 Å². The monoisotopic (exact) mass is 404 g/mol. The van der Waals surface area contributed by atoms with E-state index in [4.69, 9.17) is 20.0 Å². The summed E-state index contributed by atoms with van der Waals surface area (Å²) >= 11 is 0. The van der Waals surface area contributed by atoms with Crippen LogP contribution < -0.4 is 31.0 Å². The van der Waals surface area contributed by atoms with Gasteiger partial charge in [-0.3, -0.25) is 9.91 Å². The molecule has 2 saturated heterocycles. The van der Waals surface area contributed by atoms with Gasteiger partial charge in [-0.15, -0.1) is 0 Å². The Bertz CT molecular complexity index is 837. The van der Waals surface area contributed by atoms with Crippen LogP contribution in [0.15, 0.2) is 4.52 Å². The first-order chi connectivity index (χ1) is 14.0. The van der Waals surface area contributed by atoms with Crippen molar-refractivity contribution in [3.8, 4) is 0 Å². The molecule has 0 aromatic carbocycles. The van der Waals surface area contributed by atoms with Crippen LogP contribution in [0.4, 0.5) is 23.3 Å². The molecule has 2 aromatic rings. The number of anilines is 4. The van der Waals surface area contributed by atoms with Crippen molar-refractivity contribution in [2.24, 2.45) is 5.92 Å². The molecule has 11 heteroatoms. The van der Waals surface area contributed by atoms with Gasteiger partial charge in [-0.2, -0.15) is 4.98 Å². The van der Waals surface area contributed by atoms with E-state index in [9.17, 15) is 0 Å². The van der Waals surface area contributed by atoms with Crippen molar-refractivity contribution in [1.82, 2.24) is 20.6 Å². The molecule has 0 radical (unpaired) electrons. The quantitative estimate of drug-likeness (QED) is 0.636. The Labute approximate surface area is 170 Å². The van der Waals surface area contributed by atoms with Gasteiger partial charge >= 0.3 is 5.95 Å². The normalized spacial score (nSPS) is 19.8. The Morgan fingerprint density at radius 3 is 2.66 bits per heavy atom. The molecule has 2 aromatic heterocycles. The summed E-state index contributed by atoms with van der Waals surface area (Å²) in [5, 5.41) is 5.71. The second kappa shape index (κ2) is 8.37. The zero-order valence-corrected chi connectivity index (χ0v) is 17.3. The number of H-pyrrole nitrogens is 1. The maximum Gasteiger partial charge on any atom is 0.349 e. The van der Waals surface area contributed by atoms with Gasteiger partial charge in [0.05, 0.1) is 39.4 Å². The number of ether oxygens (including phenoxy) is 1. The average molecular weight is 404 g/mol. The van der Waals surface area contributed by atoms with Gasteiger partial charge in [0.25, 0.3) is 0 Å². The molecule has 2 aliphatic rings. The van der Waals surface area contributed by atoms with Crippen LogP contribution in [0, 0.1) is 12.8 Å². The van der Waals surface area contributed by atoms with E-state index < -0.39 is 0 Å². The molecule has 0 aliphatic carbocycles. The summed E-state index contributed by atoms with van der Waals surface area (Å²) in [6.07, 6.45) is 1.15. The van der Waals surface area contributed by atoms with Crippen LogP contribution in [0.3, 0.4) is 0 Å². The second-order valence-corrected chi connectivity index (χ2v) is 7.63. The second-order valence-electron chi connectivity index (χ2n) is 7.63. The van der Waals surface area contributed by atoms with Crippen LogP contribution in [0.2, 0.25) is 0 Å². The average Bonchev–Trinajstić information content (AvgIpc) is 3.35. The predicted octanol–water partition coefficient (Wildman–Crippen LogP) is -0.00688. The summed E-state index contributed by atoms with van der Waals surface area (Å²) in [7, 11) is 1.83. The number of morpholine rings is 1. The summed E-state index contributed by atoms with van der Waals surface area (Å²) in [4.78, 5) is 17.1. The van der Waals surface area contributed by atoms with Crippen LogP contribution >= 0.6 is 0 Å². The highest BCUT2D eigenvalue weighted by Crippen LogP contribution is 2.32. The molecule has 2 aliphatic heterocycles. The minimum absolute atomic E-state index is 0.358. The van der Waals surface area contributed by atoms with E-state index in [1.807, 2.05) is 12.1 Å². The molecule has 4 heterocycles. The molecular formula is C18H30N9O2+. The van der Waals surface area contributed by atoms with E-state index in [2.05, 4.69) is 37.3 Å². The number of rotatable bonds is 6. The number of nitrogens with two attached hydrogens (primary N) is 1. The largest absolute Gasteiger partial charge is 0.390 e. The van der Waals surface area contributed by atoms with E-state index in [0.717, 1.165) is 44.4 Å². The number of hydrazine groups is 1. The van der Waals surface area contributed by atoms with Gasteiger partial charge in [-0.1, -0.05) is 17.1 Å². The van der Waals surface area contributed by atoms with Crippen molar-refractivity contribution in [3.63, 3.8) is 0 Å². The molecule has 0 saturated carbocycles. The smallest absolute Gasteiger partial charge is 0.349 e. The minimum Gasteiger partial charge on any atom is -0.390 e. The highest BCUT2D eigenvalue weighted by molar-refractivity contribution is 5.74. The molecule has 1 unspecified atom stereocenters. The maximum atomic E-state index is 6.62. The van der Waals surface area contributed by atoms with Gasteiger partial charge in [0.1, 0.15) is 6.54 Å². The molecule has 29 heavy (non-hydrogen) atoms. The van der Waals surface area contributed by atoms with Crippen LogP contribution in [0.1, 0.15) is 25.1 Å². The van der Waals surface area contributed by atoms with Gasteiger partial charge in [0.2, 0.25) is 17.5 Å². The molecule has 11 nitrogen and oxygen atoms in total. The van der Waals surface area contributed by atoms with E-state index >= 15 is 0 Å². The van der Waals surface area contributed by atoms with E-state index in [1.165, 1.54) is 0 Å². The molecule has 0 amide bonds. The number of hydrogen-bond acceptors (Lipinski definition) is 10. The van der Waals surface area contributed by atoms with Crippen molar-refractivity contribution in [3.05, 3.63) is 11.7 Å². The highest BCUT2D eigenvalue weighted by atomic mass is 16.5. The van der Waals surface area contributed by atoms with Crippen LogP contribution in [-0.2, 0) is 11.3 Å². The first kappa shape index (κ1) is 19.6. The fourth-order valence-electron chi connectivity index (χ4n) is 3.79. The Morgan fingerprint density at radius 1 is 1.24 bits per heavy atom. The predicted molar refractivity (Wildman–Crippen MR) is 109 cm³/mol. The van der Waals surface area contributed by atoms with Crippen molar-refractivity contribution in [1.29, 1.82) is 0 Å². The fourth-order valence-corrected chi connectivity index (χ4v) is 3.79. The summed E-state index contributed by atoms with van der Waals surface area (Å²) < 4.78 is 10.8. The number of nitrogens with one attached hydrogen (secondary N) is 2. The highest BCUT2D eigenvalue weighted by Gasteiger charge is 2.32. The Balaban J connectivity index is 1.71. The number of nitrogens with zero attached hydrogens (tertiary/aromatic N) is 6. The van der Waals surface area contributed by atoms with E-state index in [0.29, 0.717) is 48.9 Å². The zero-order chi connectivity index (χ0) is 20.4. The number of aryl methyl sites for hydroxylation is 1. The van der Waals surface area contributed by atoms with E-state index in [-0.39, 0.29) is 0 Å². The molecule has 1 atom stereocenters. The summed E-state index contributed by atoms with van der Waals surface area (Å²) in [5.74, 6) is 4.05. The van der Waals surface area contributed by atoms with Gasteiger partial charge in [-0.25, -0.2) is 10.4 Å². The zero-order valence-electron chi connectivity index (χ0n) is 17.3. The number of hydrogen-bond donors (Lipinski definition) is 2. The maximum absolute atomic E-state index is 6.62. The van der Waals surface area contributed by atoms with Crippen molar-refractivity contribution in [2.45, 2.75) is 26.8 Å². The fraction of sp³-hybridized carbons (Fsp3) is 0.667. The standard InChI is InChI=1S/C18H29N9O2/c1-12-4-5-26(10-12)16-15(19)17(23-18(22-16)25-6-8-28-9-7-25)27(20-3)11-14-21-13(2)24-29-14/h12,20H,4-11,19H2,1-3H3/p+1. The molecule has 158 valence electrons. The number of nitrogen functional groups attached to an aromatic ring is 1. The molecule has 0 spiro atoms. The first-order valence-electron chi connectivity index (χ1n) is 10.1. The first-order valence-corrected chi connectivity index (χ1v) is 10.1. The van der Waals surface area contributed by atoms with Gasteiger partial charge in [-0.05, 0) is 19.3 Å². The number of aromatic amines is 1. The Morgan fingerprint density at radius 2 is 2.03 bits per heavy atom. The number of aromatic nitrogens is 4. The third-order valence-electron chi connectivity index (χ3n) is 5.38. The van der Waals surface area contributed by atoms with Crippen LogP contribution in [-0.4, -0.2) is 61.6 Å². The molecular weight excluding hydrogens is 374 g/mol. The molecule has 0 bridgehead atoms. The lowest BCUT2D eigenvalue weighted by atomic mass is 10.2. The van der Waals surface area contributed by atoms with Crippen molar-refractivity contribution in [2.75, 3.05) is 67.0 Å². The van der Waals surface area contributed by atoms with Crippen LogP contribution in [0.5, 0.6) is 0 Å². The van der Waals surface area contributed by atoms with E-state index in [1.54, 1.807) is 6.92 Å². The third-order valence-corrected chi connectivity index (χ3v) is 5.38. The molecule has 4 N–H and O–H groups in total. The topological polar surface area (TPSA) is 123 Å². The summed E-state index contributed by atoms with van der Waals surface area (Å²) in [6.45, 7) is 9.28. The minimum atomic E-state index is 0.358. The molecule has 2 fully saturated rings. The van der Waals surface area contributed by atoms with Crippen LogP contribution in [0.25, 0.3) is 0 Å².